The Labute approximate surface area is 159 Å². The van der Waals surface area contributed by atoms with Crippen molar-refractivity contribution in [2.24, 2.45) is 13.0 Å². The Morgan fingerprint density at radius 3 is 2.62 bits per heavy atom. The minimum absolute atomic E-state index is 0.0634. The average Bonchev–Trinajstić information content (AvgIpc) is 3.00. The molecule has 2 fully saturated rings. The first-order valence-electron chi connectivity index (χ1n) is 9.37. The van der Waals surface area contributed by atoms with E-state index >= 15 is 0 Å². The van der Waals surface area contributed by atoms with Crippen molar-refractivity contribution in [3.05, 3.63) is 47.0 Å². The molecule has 138 valence electrons. The van der Waals surface area contributed by atoms with Gasteiger partial charge in [-0.3, -0.25) is 4.79 Å². The molecule has 1 aromatic heterocycles. The van der Waals surface area contributed by atoms with Crippen molar-refractivity contribution in [2.45, 2.75) is 43.9 Å². The van der Waals surface area contributed by atoms with Crippen molar-refractivity contribution in [1.82, 2.24) is 19.7 Å². The van der Waals surface area contributed by atoms with Crippen molar-refractivity contribution in [3.63, 3.8) is 0 Å². The molecule has 2 aliphatic rings. The number of amides is 1. The lowest BCUT2D eigenvalue weighted by Crippen LogP contribution is -2.49. The first-order valence-corrected chi connectivity index (χ1v) is 9.74. The van der Waals surface area contributed by atoms with Crippen LogP contribution in [0.4, 0.5) is 0 Å². The average molecular weight is 373 g/mol. The zero-order chi connectivity index (χ0) is 18.3. The Balaban J connectivity index is 1.42. The Kier molecular flexibility index (Phi) is 4.51. The molecular formula is C20H25ClN4O. The molecule has 26 heavy (non-hydrogen) atoms. The summed E-state index contributed by atoms with van der Waals surface area (Å²) in [4.78, 5) is 15.1. The van der Waals surface area contributed by atoms with Crippen LogP contribution in [0.2, 0.25) is 5.02 Å². The lowest BCUT2D eigenvalue weighted by Gasteiger charge is -2.43. The second-order valence-electron chi connectivity index (χ2n) is 7.99. The highest BCUT2D eigenvalue weighted by atomic mass is 35.5. The highest BCUT2D eigenvalue weighted by molar-refractivity contribution is 6.30. The van der Waals surface area contributed by atoms with Gasteiger partial charge in [0.05, 0.1) is 0 Å². The summed E-state index contributed by atoms with van der Waals surface area (Å²) >= 11 is 6.17. The van der Waals surface area contributed by atoms with E-state index in [1.807, 2.05) is 23.7 Å². The first-order chi connectivity index (χ1) is 12.5. The van der Waals surface area contributed by atoms with Gasteiger partial charge in [0.2, 0.25) is 5.91 Å². The van der Waals surface area contributed by atoms with Gasteiger partial charge in [0, 0.05) is 37.0 Å². The molecule has 0 radical (unpaired) electrons. The van der Waals surface area contributed by atoms with E-state index in [9.17, 15) is 4.79 Å². The van der Waals surface area contributed by atoms with Gasteiger partial charge in [-0.2, -0.15) is 0 Å². The number of nitrogens with zero attached hydrogens (tertiary/aromatic N) is 4. The second kappa shape index (κ2) is 6.69. The molecule has 1 aromatic carbocycles. The first kappa shape index (κ1) is 17.5. The summed E-state index contributed by atoms with van der Waals surface area (Å²) in [6.07, 6.45) is 5.64. The molecule has 1 amide bonds. The molecule has 2 heterocycles. The number of rotatable bonds is 3. The topological polar surface area (TPSA) is 51.0 Å². The summed E-state index contributed by atoms with van der Waals surface area (Å²) in [5, 5.41) is 8.96. The van der Waals surface area contributed by atoms with Crippen LogP contribution in [0.5, 0.6) is 0 Å². The summed E-state index contributed by atoms with van der Waals surface area (Å²) in [5.74, 6) is 1.51. The standard InChI is InChI=1S/C20H25ClN4O/c1-20(14-4-3-5-15(21)12-14)8-10-25(11-9-20)19(26)17-7-6-16(17)18-23-22-13-24(18)2/h3-5,12-13,16-17H,6-11H2,1-2H3/t16-,17+/m1/s1. The fourth-order valence-corrected chi connectivity index (χ4v) is 4.53. The summed E-state index contributed by atoms with van der Waals surface area (Å²) in [7, 11) is 1.95. The van der Waals surface area contributed by atoms with Crippen LogP contribution in [-0.2, 0) is 17.3 Å². The molecule has 2 aromatic rings. The number of carbonyl (C=O) groups excluding carboxylic acids is 1. The summed E-state index contributed by atoms with van der Waals surface area (Å²) in [6.45, 7) is 3.90. The van der Waals surface area contributed by atoms with Crippen molar-refractivity contribution in [3.8, 4) is 0 Å². The van der Waals surface area contributed by atoms with Crippen LogP contribution in [0, 0.1) is 5.92 Å². The number of carbonyl (C=O) groups is 1. The largest absolute Gasteiger partial charge is 0.342 e. The third-order valence-corrected chi connectivity index (χ3v) is 6.60. The van der Waals surface area contributed by atoms with Crippen molar-refractivity contribution < 1.29 is 4.79 Å². The lowest BCUT2D eigenvalue weighted by atomic mass is 9.71. The van der Waals surface area contributed by atoms with Crippen molar-refractivity contribution in [2.75, 3.05) is 13.1 Å². The zero-order valence-corrected chi connectivity index (χ0v) is 16.1. The van der Waals surface area contributed by atoms with Crippen molar-refractivity contribution in [1.29, 1.82) is 0 Å². The molecule has 6 heteroatoms. The molecule has 5 nitrogen and oxygen atoms in total. The van der Waals surface area contributed by atoms with E-state index in [1.165, 1.54) is 5.56 Å². The number of hydrogen-bond donors (Lipinski definition) is 0. The second-order valence-corrected chi connectivity index (χ2v) is 8.42. The van der Waals surface area contributed by atoms with E-state index in [0.717, 1.165) is 49.6 Å². The number of piperidine rings is 1. The maximum Gasteiger partial charge on any atom is 0.226 e. The highest BCUT2D eigenvalue weighted by Crippen LogP contribution is 2.44. The number of hydrogen-bond acceptors (Lipinski definition) is 3. The van der Waals surface area contributed by atoms with Gasteiger partial charge in [0.15, 0.2) is 0 Å². The van der Waals surface area contributed by atoms with Gasteiger partial charge >= 0.3 is 0 Å². The van der Waals surface area contributed by atoms with Gasteiger partial charge in [0.1, 0.15) is 12.2 Å². The molecule has 2 atom stereocenters. The number of halogens is 1. The molecule has 4 rings (SSSR count). The summed E-state index contributed by atoms with van der Waals surface area (Å²) in [6, 6.07) is 8.14. The van der Waals surface area contributed by atoms with Gasteiger partial charge in [-0.05, 0) is 48.8 Å². The Morgan fingerprint density at radius 2 is 2.04 bits per heavy atom. The van der Waals surface area contributed by atoms with E-state index < -0.39 is 0 Å². The normalized spacial score (nSPS) is 25.0. The van der Waals surface area contributed by atoms with Gasteiger partial charge in [-0.15, -0.1) is 10.2 Å². The fraction of sp³-hybridized carbons (Fsp3) is 0.550. The van der Waals surface area contributed by atoms with E-state index in [1.54, 1.807) is 6.33 Å². The molecule has 1 saturated heterocycles. The molecule has 0 N–H and O–H groups in total. The summed E-state index contributed by atoms with van der Waals surface area (Å²) < 4.78 is 1.94. The van der Waals surface area contributed by atoms with Crippen LogP contribution in [0.15, 0.2) is 30.6 Å². The van der Waals surface area contributed by atoms with Gasteiger partial charge in [-0.1, -0.05) is 30.7 Å². The Morgan fingerprint density at radius 1 is 1.27 bits per heavy atom. The molecule has 0 bridgehead atoms. The minimum Gasteiger partial charge on any atom is -0.342 e. The molecular weight excluding hydrogens is 348 g/mol. The van der Waals surface area contributed by atoms with E-state index in [0.29, 0.717) is 0 Å². The Bertz CT molecular complexity index is 810. The van der Waals surface area contributed by atoms with E-state index in [2.05, 4.69) is 34.2 Å². The minimum atomic E-state index is 0.0634. The molecule has 1 aliphatic carbocycles. The quantitative estimate of drug-likeness (QED) is 0.828. The van der Waals surface area contributed by atoms with Crippen LogP contribution >= 0.6 is 11.6 Å². The van der Waals surface area contributed by atoms with E-state index in [-0.39, 0.29) is 23.2 Å². The number of benzene rings is 1. The van der Waals surface area contributed by atoms with Gasteiger partial charge < -0.3 is 9.47 Å². The van der Waals surface area contributed by atoms with Gasteiger partial charge in [-0.25, -0.2) is 0 Å². The van der Waals surface area contributed by atoms with Crippen LogP contribution < -0.4 is 0 Å². The van der Waals surface area contributed by atoms with Crippen LogP contribution in [0.1, 0.15) is 49.9 Å². The molecule has 1 saturated carbocycles. The third kappa shape index (κ3) is 3.02. The third-order valence-electron chi connectivity index (χ3n) is 6.37. The number of likely N-dealkylation sites (tertiary alicyclic amines) is 1. The van der Waals surface area contributed by atoms with Crippen LogP contribution in [0.25, 0.3) is 0 Å². The zero-order valence-electron chi connectivity index (χ0n) is 15.4. The SMILES string of the molecule is Cn1cnnc1[C@@H]1CC[C@@H]1C(=O)N1CCC(C)(c2cccc(Cl)c2)CC1. The fourth-order valence-electron chi connectivity index (χ4n) is 4.34. The Hall–Kier alpha value is -1.88. The maximum absolute atomic E-state index is 13.0. The maximum atomic E-state index is 13.0. The number of aromatic nitrogens is 3. The monoisotopic (exact) mass is 372 g/mol. The lowest BCUT2D eigenvalue weighted by molar-refractivity contribution is -0.141. The van der Waals surface area contributed by atoms with Crippen LogP contribution in [0.3, 0.4) is 0 Å². The molecule has 1 aliphatic heterocycles. The summed E-state index contributed by atoms with van der Waals surface area (Å²) in [5.41, 5.74) is 1.36. The highest BCUT2D eigenvalue weighted by Gasteiger charge is 2.43. The molecule has 0 unspecified atom stereocenters. The number of aryl methyl sites for hydroxylation is 1. The van der Waals surface area contributed by atoms with Gasteiger partial charge in [0.25, 0.3) is 0 Å². The van der Waals surface area contributed by atoms with E-state index in [4.69, 9.17) is 11.6 Å². The van der Waals surface area contributed by atoms with Crippen LogP contribution in [-0.4, -0.2) is 38.7 Å². The predicted molar refractivity (Wildman–Crippen MR) is 101 cm³/mol. The molecule has 0 spiro atoms. The van der Waals surface area contributed by atoms with Crippen molar-refractivity contribution >= 4 is 17.5 Å². The smallest absolute Gasteiger partial charge is 0.226 e. The predicted octanol–water partition coefficient (Wildman–Crippen LogP) is 3.54.